The van der Waals surface area contributed by atoms with Crippen molar-refractivity contribution >= 4 is 46.0 Å². The number of nitrogens with one attached hydrogen (secondary N) is 2. The van der Waals surface area contributed by atoms with Crippen LogP contribution in [-0.2, 0) is 16.6 Å². The van der Waals surface area contributed by atoms with Crippen LogP contribution in [-0.4, -0.2) is 31.8 Å². The van der Waals surface area contributed by atoms with Gasteiger partial charge in [-0.05, 0) is 25.1 Å². The molecule has 8 heteroatoms. The van der Waals surface area contributed by atoms with Gasteiger partial charge in [-0.25, -0.2) is 4.98 Å². The number of para-hydroxylation sites is 1. The first-order valence-electron chi connectivity index (χ1n) is 8.17. The number of carbonyl (C=O) groups is 2. The van der Waals surface area contributed by atoms with Crippen molar-refractivity contribution in [2.45, 2.75) is 23.5 Å². The summed E-state index contributed by atoms with van der Waals surface area (Å²) in [6.07, 6.45) is 1.69. The van der Waals surface area contributed by atoms with Crippen molar-refractivity contribution in [2.24, 2.45) is 7.05 Å². The van der Waals surface area contributed by atoms with E-state index in [-0.39, 0.29) is 18.2 Å². The third-order valence-electron chi connectivity index (χ3n) is 4.22. The fourth-order valence-electron chi connectivity index (χ4n) is 2.98. The Labute approximate surface area is 154 Å². The Balaban J connectivity index is 1.47. The van der Waals surface area contributed by atoms with E-state index in [0.717, 1.165) is 27.3 Å². The molecule has 0 radical (unpaired) electrons. The highest BCUT2D eigenvalue weighted by Crippen LogP contribution is 2.36. The zero-order chi connectivity index (χ0) is 18.3. The van der Waals surface area contributed by atoms with E-state index in [1.807, 2.05) is 44.3 Å². The lowest BCUT2D eigenvalue weighted by molar-refractivity contribution is -0.120. The molecule has 4 rings (SSSR count). The fourth-order valence-corrected chi connectivity index (χ4v) is 4.09. The lowest BCUT2D eigenvalue weighted by Gasteiger charge is -2.23. The standard InChI is InChI=1S/C18H17N5O2S/c1-10-12-7-11(9-19-17(12)23(2)22-10)20-16(24)8-15-18(25)21-13-5-3-4-6-14(13)26-15/h3-7,9,15H,8H2,1-2H3,(H,20,24)(H,21,25). The van der Waals surface area contributed by atoms with Gasteiger partial charge in [0.15, 0.2) is 5.65 Å². The van der Waals surface area contributed by atoms with Gasteiger partial charge in [-0.2, -0.15) is 5.10 Å². The molecule has 0 fully saturated rings. The first kappa shape index (κ1) is 16.6. The van der Waals surface area contributed by atoms with Crippen LogP contribution in [0.1, 0.15) is 12.1 Å². The van der Waals surface area contributed by atoms with E-state index in [1.165, 1.54) is 11.8 Å². The molecule has 0 aliphatic carbocycles. The molecule has 132 valence electrons. The smallest absolute Gasteiger partial charge is 0.238 e. The molecule has 3 heterocycles. The summed E-state index contributed by atoms with van der Waals surface area (Å²) in [7, 11) is 1.83. The number of amides is 2. The van der Waals surface area contributed by atoms with E-state index in [1.54, 1.807) is 10.9 Å². The molecule has 2 N–H and O–H groups in total. The quantitative estimate of drug-likeness (QED) is 0.743. The number of aromatic nitrogens is 3. The minimum Gasteiger partial charge on any atom is -0.325 e. The average Bonchev–Trinajstić information content (AvgIpc) is 2.89. The Hall–Kier alpha value is -2.87. The molecule has 1 aliphatic rings. The minimum atomic E-state index is -0.457. The van der Waals surface area contributed by atoms with E-state index in [2.05, 4.69) is 20.7 Å². The Bertz CT molecular complexity index is 1030. The van der Waals surface area contributed by atoms with Crippen LogP contribution in [0.15, 0.2) is 41.4 Å². The third-order valence-corrected chi connectivity index (χ3v) is 5.50. The summed E-state index contributed by atoms with van der Waals surface area (Å²) in [6, 6.07) is 9.43. The maximum absolute atomic E-state index is 12.4. The van der Waals surface area contributed by atoms with Crippen LogP contribution in [0.25, 0.3) is 11.0 Å². The second-order valence-electron chi connectivity index (χ2n) is 6.15. The van der Waals surface area contributed by atoms with E-state index in [4.69, 9.17) is 0 Å². The van der Waals surface area contributed by atoms with Gasteiger partial charge in [0, 0.05) is 23.8 Å². The molecule has 1 aromatic carbocycles. The number of aryl methyl sites for hydroxylation is 2. The van der Waals surface area contributed by atoms with Crippen LogP contribution >= 0.6 is 11.8 Å². The van der Waals surface area contributed by atoms with Crippen LogP contribution in [0.5, 0.6) is 0 Å². The molecular weight excluding hydrogens is 350 g/mol. The molecule has 2 aromatic heterocycles. The van der Waals surface area contributed by atoms with E-state index in [9.17, 15) is 9.59 Å². The minimum absolute atomic E-state index is 0.0922. The zero-order valence-corrected chi connectivity index (χ0v) is 15.1. The van der Waals surface area contributed by atoms with E-state index >= 15 is 0 Å². The Kier molecular flexibility index (Phi) is 4.12. The lowest BCUT2D eigenvalue weighted by Crippen LogP contribution is -2.32. The van der Waals surface area contributed by atoms with Gasteiger partial charge < -0.3 is 10.6 Å². The molecule has 1 unspecified atom stereocenters. The van der Waals surface area contributed by atoms with Crippen LogP contribution in [0.4, 0.5) is 11.4 Å². The van der Waals surface area contributed by atoms with Gasteiger partial charge in [0.05, 0.1) is 28.5 Å². The van der Waals surface area contributed by atoms with Crippen LogP contribution in [0.2, 0.25) is 0 Å². The molecule has 2 amide bonds. The summed E-state index contributed by atoms with van der Waals surface area (Å²) in [5.41, 5.74) is 3.00. The second-order valence-corrected chi connectivity index (χ2v) is 7.39. The number of rotatable bonds is 3. The highest BCUT2D eigenvalue weighted by atomic mass is 32.2. The predicted octanol–water partition coefficient (Wildman–Crippen LogP) is 2.72. The number of hydrogen-bond acceptors (Lipinski definition) is 5. The molecule has 7 nitrogen and oxygen atoms in total. The van der Waals surface area contributed by atoms with Crippen molar-refractivity contribution in [3.8, 4) is 0 Å². The van der Waals surface area contributed by atoms with Crippen molar-refractivity contribution in [3.63, 3.8) is 0 Å². The van der Waals surface area contributed by atoms with Gasteiger partial charge in [-0.15, -0.1) is 11.8 Å². The Morgan fingerprint density at radius 1 is 1.38 bits per heavy atom. The summed E-state index contributed by atoms with van der Waals surface area (Å²) >= 11 is 1.41. The lowest BCUT2D eigenvalue weighted by atomic mass is 10.2. The zero-order valence-electron chi connectivity index (χ0n) is 14.3. The van der Waals surface area contributed by atoms with Crippen molar-refractivity contribution < 1.29 is 9.59 Å². The normalized spacial score (nSPS) is 16.2. The van der Waals surface area contributed by atoms with Crippen molar-refractivity contribution in [1.82, 2.24) is 14.8 Å². The van der Waals surface area contributed by atoms with Gasteiger partial charge in [-0.3, -0.25) is 14.3 Å². The number of fused-ring (bicyclic) bond motifs is 2. The number of benzene rings is 1. The summed E-state index contributed by atoms with van der Waals surface area (Å²) in [5, 5.41) is 10.4. The summed E-state index contributed by atoms with van der Waals surface area (Å²) in [4.78, 5) is 30.0. The number of anilines is 2. The third kappa shape index (κ3) is 3.03. The van der Waals surface area contributed by atoms with E-state index < -0.39 is 5.25 Å². The Morgan fingerprint density at radius 3 is 3.04 bits per heavy atom. The molecule has 1 aliphatic heterocycles. The molecule has 1 atom stereocenters. The summed E-state index contributed by atoms with van der Waals surface area (Å²) in [5.74, 6) is -0.375. The molecule has 0 saturated carbocycles. The van der Waals surface area contributed by atoms with Crippen LogP contribution in [0, 0.1) is 6.92 Å². The number of hydrogen-bond donors (Lipinski definition) is 2. The maximum Gasteiger partial charge on any atom is 0.238 e. The van der Waals surface area contributed by atoms with Gasteiger partial charge in [0.2, 0.25) is 11.8 Å². The average molecular weight is 367 g/mol. The summed E-state index contributed by atoms with van der Waals surface area (Å²) in [6.45, 7) is 1.90. The largest absolute Gasteiger partial charge is 0.325 e. The number of pyridine rings is 1. The van der Waals surface area contributed by atoms with Gasteiger partial charge in [0.1, 0.15) is 0 Å². The summed E-state index contributed by atoms with van der Waals surface area (Å²) < 4.78 is 1.71. The fraction of sp³-hybridized carbons (Fsp3) is 0.222. The van der Waals surface area contributed by atoms with Crippen molar-refractivity contribution in [2.75, 3.05) is 10.6 Å². The van der Waals surface area contributed by atoms with Crippen LogP contribution in [0.3, 0.4) is 0 Å². The molecule has 0 spiro atoms. The van der Waals surface area contributed by atoms with Crippen molar-refractivity contribution in [1.29, 1.82) is 0 Å². The number of carbonyl (C=O) groups excluding carboxylic acids is 2. The first-order valence-corrected chi connectivity index (χ1v) is 9.05. The molecule has 0 saturated heterocycles. The highest BCUT2D eigenvalue weighted by Gasteiger charge is 2.28. The van der Waals surface area contributed by atoms with Gasteiger partial charge in [0.25, 0.3) is 0 Å². The number of nitrogens with zero attached hydrogens (tertiary/aromatic N) is 3. The SMILES string of the molecule is Cc1nn(C)c2ncc(NC(=O)CC3Sc4ccccc4NC3=O)cc12. The molecule has 3 aromatic rings. The molecule has 0 bridgehead atoms. The van der Waals surface area contributed by atoms with E-state index in [0.29, 0.717) is 5.69 Å². The molecular formula is C18H17N5O2S. The predicted molar refractivity (Wildman–Crippen MR) is 101 cm³/mol. The topological polar surface area (TPSA) is 88.9 Å². The number of thioether (sulfide) groups is 1. The van der Waals surface area contributed by atoms with Gasteiger partial charge >= 0.3 is 0 Å². The molecule has 26 heavy (non-hydrogen) atoms. The maximum atomic E-state index is 12.4. The monoisotopic (exact) mass is 367 g/mol. The van der Waals surface area contributed by atoms with Crippen LogP contribution < -0.4 is 10.6 Å². The van der Waals surface area contributed by atoms with Gasteiger partial charge in [-0.1, -0.05) is 12.1 Å². The second kappa shape index (κ2) is 6.45. The van der Waals surface area contributed by atoms with Crippen molar-refractivity contribution in [3.05, 3.63) is 42.2 Å². The first-order chi connectivity index (χ1) is 12.5. The highest BCUT2D eigenvalue weighted by molar-refractivity contribution is 8.01. The Morgan fingerprint density at radius 2 is 2.19 bits per heavy atom.